The maximum atomic E-state index is 13.5. The average Bonchev–Trinajstić information content (AvgIpc) is 3.04. The van der Waals surface area contributed by atoms with Crippen LogP contribution in [0, 0.1) is 0 Å². The van der Waals surface area contributed by atoms with Crippen molar-refractivity contribution in [3.05, 3.63) is 89.1 Å². The number of anilines is 2. The lowest BCUT2D eigenvalue weighted by Crippen LogP contribution is -2.32. The van der Waals surface area contributed by atoms with Crippen molar-refractivity contribution >= 4 is 40.4 Å². The lowest BCUT2D eigenvalue weighted by Gasteiger charge is -2.17. The van der Waals surface area contributed by atoms with Crippen LogP contribution in [0.25, 0.3) is 5.57 Å². The molecule has 0 fully saturated rings. The third kappa shape index (κ3) is 4.56. The first-order valence-corrected chi connectivity index (χ1v) is 10.8. The van der Waals surface area contributed by atoms with Gasteiger partial charge in [-0.1, -0.05) is 35.9 Å². The van der Waals surface area contributed by atoms with Crippen LogP contribution in [-0.2, 0) is 9.59 Å². The summed E-state index contributed by atoms with van der Waals surface area (Å²) >= 11 is 6.32. The van der Waals surface area contributed by atoms with Crippen molar-refractivity contribution in [1.82, 2.24) is 0 Å². The van der Waals surface area contributed by atoms with Crippen molar-refractivity contribution < 1.29 is 19.1 Å². The van der Waals surface area contributed by atoms with Crippen LogP contribution in [0.15, 0.2) is 78.5 Å². The normalized spacial score (nSPS) is 13.7. The average molecular weight is 463 g/mol. The van der Waals surface area contributed by atoms with Gasteiger partial charge in [-0.3, -0.25) is 9.59 Å². The fourth-order valence-electron chi connectivity index (χ4n) is 3.56. The molecule has 4 rings (SSSR count). The number of hydrogen-bond donors (Lipinski definition) is 1. The standard InChI is InChI=1S/C26H23ClN2O4/c1-16(2)33-20-14-10-18(11-15-20)28-24-23(17-8-12-19(32-3)13-9-17)25(30)29(26(24)31)22-7-5-4-6-21(22)27/h4-16,28H,1-3H3. The predicted octanol–water partition coefficient (Wildman–Crippen LogP) is 5.53. The predicted molar refractivity (Wildman–Crippen MR) is 130 cm³/mol. The summed E-state index contributed by atoms with van der Waals surface area (Å²) in [4.78, 5) is 28.1. The summed E-state index contributed by atoms with van der Waals surface area (Å²) < 4.78 is 10.9. The number of methoxy groups -OCH3 is 1. The number of amides is 2. The zero-order chi connectivity index (χ0) is 23.5. The Hall–Kier alpha value is -3.77. The van der Waals surface area contributed by atoms with Gasteiger partial charge in [0.1, 0.15) is 17.2 Å². The number of rotatable bonds is 7. The summed E-state index contributed by atoms with van der Waals surface area (Å²) in [6, 6.07) is 21.0. The first kappa shape index (κ1) is 22.4. The molecule has 0 saturated carbocycles. The summed E-state index contributed by atoms with van der Waals surface area (Å²) in [5, 5.41) is 3.45. The summed E-state index contributed by atoms with van der Waals surface area (Å²) in [7, 11) is 1.57. The molecule has 1 aliphatic rings. The minimum atomic E-state index is -0.485. The molecule has 7 heteroatoms. The molecule has 1 N–H and O–H groups in total. The molecule has 0 unspecified atom stereocenters. The van der Waals surface area contributed by atoms with Gasteiger partial charge in [-0.05, 0) is 67.9 Å². The Morgan fingerprint density at radius 1 is 0.848 bits per heavy atom. The molecule has 3 aromatic rings. The molecule has 0 radical (unpaired) electrons. The fraction of sp³-hybridized carbons (Fsp3) is 0.154. The number of halogens is 1. The van der Waals surface area contributed by atoms with E-state index in [0.29, 0.717) is 33.5 Å². The van der Waals surface area contributed by atoms with E-state index in [0.717, 1.165) is 4.90 Å². The zero-order valence-corrected chi connectivity index (χ0v) is 19.2. The lowest BCUT2D eigenvalue weighted by atomic mass is 10.0. The second-order valence-electron chi connectivity index (χ2n) is 7.69. The maximum Gasteiger partial charge on any atom is 0.282 e. The van der Waals surface area contributed by atoms with Crippen LogP contribution >= 0.6 is 11.6 Å². The van der Waals surface area contributed by atoms with E-state index in [9.17, 15) is 9.59 Å². The third-order valence-electron chi connectivity index (χ3n) is 5.05. The van der Waals surface area contributed by atoms with Crippen molar-refractivity contribution in [2.24, 2.45) is 0 Å². The van der Waals surface area contributed by atoms with Gasteiger partial charge in [0.2, 0.25) is 0 Å². The molecule has 0 saturated heterocycles. The summed E-state index contributed by atoms with van der Waals surface area (Å²) in [5.41, 5.74) is 1.99. The van der Waals surface area contributed by atoms with Crippen LogP contribution in [0.2, 0.25) is 5.02 Å². The summed E-state index contributed by atoms with van der Waals surface area (Å²) in [5.74, 6) is 0.419. The van der Waals surface area contributed by atoms with Crippen LogP contribution in [-0.4, -0.2) is 25.0 Å². The minimum absolute atomic E-state index is 0.0476. The molecular formula is C26H23ClN2O4. The van der Waals surface area contributed by atoms with Gasteiger partial charge in [-0.15, -0.1) is 0 Å². The van der Waals surface area contributed by atoms with Gasteiger partial charge in [0.05, 0.1) is 29.5 Å². The Bertz CT molecular complexity index is 1220. The second kappa shape index (κ2) is 9.38. The van der Waals surface area contributed by atoms with Crippen molar-refractivity contribution in [2.75, 3.05) is 17.3 Å². The quantitative estimate of drug-likeness (QED) is 0.467. The van der Waals surface area contributed by atoms with E-state index in [1.54, 1.807) is 67.8 Å². The highest BCUT2D eigenvalue weighted by Gasteiger charge is 2.41. The van der Waals surface area contributed by atoms with E-state index in [1.165, 1.54) is 0 Å². The van der Waals surface area contributed by atoms with Crippen LogP contribution in [0.5, 0.6) is 11.5 Å². The molecule has 0 aliphatic carbocycles. The molecule has 1 heterocycles. The van der Waals surface area contributed by atoms with E-state index >= 15 is 0 Å². The Morgan fingerprint density at radius 2 is 1.48 bits per heavy atom. The molecule has 3 aromatic carbocycles. The highest BCUT2D eigenvalue weighted by atomic mass is 35.5. The van der Waals surface area contributed by atoms with Gasteiger partial charge in [0, 0.05) is 5.69 Å². The zero-order valence-electron chi connectivity index (χ0n) is 18.5. The summed E-state index contributed by atoms with van der Waals surface area (Å²) in [6.07, 6.45) is 0.0476. The number of para-hydroxylation sites is 1. The molecular weight excluding hydrogens is 440 g/mol. The smallest absolute Gasteiger partial charge is 0.282 e. The molecule has 168 valence electrons. The lowest BCUT2D eigenvalue weighted by molar-refractivity contribution is -0.120. The number of nitrogens with zero attached hydrogens (tertiary/aromatic N) is 1. The Kier molecular flexibility index (Phi) is 6.38. The largest absolute Gasteiger partial charge is 0.497 e. The van der Waals surface area contributed by atoms with E-state index in [-0.39, 0.29) is 17.4 Å². The fourth-order valence-corrected chi connectivity index (χ4v) is 3.78. The molecule has 0 aromatic heterocycles. The monoisotopic (exact) mass is 462 g/mol. The highest BCUT2D eigenvalue weighted by Crippen LogP contribution is 2.37. The van der Waals surface area contributed by atoms with Crippen molar-refractivity contribution in [3.8, 4) is 11.5 Å². The van der Waals surface area contributed by atoms with Crippen molar-refractivity contribution in [2.45, 2.75) is 20.0 Å². The molecule has 33 heavy (non-hydrogen) atoms. The van der Waals surface area contributed by atoms with Crippen LogP contribution in [0.3, 0.4) is 0 Å². The SMILES string of the molecule is COc1ccc(C2=C(Nc3ccc(OC(C)C)cc3)C(=O)N(c3ccccc3Cl)C2=O)cc1. The number of imide groups is 1. The number of benzene rings is 3. The molecule has 0 bridgehead atoms. The number of carbonyl (C=O) groups excluding carboxylic acids is 2. The first-order chi connectivity index (χ1) is 15.9. The molecule has 0 atom stereocenters. The topological polar surface area (TPSA) is 67.9 Å². The number of hydrogen-bond acceptors (Lipinski definition) is 5. The molecule has 1 aliphatic heterocycles. The maximum absolute atomic E-state index is 13.5. The Morgan fingerprint density at radius 3 is 2.09 bits per heavy atom. The number of ether oxygens (including phenoxy) is 2. The highest BCUT2D eigenvalue weighted by molar-refractivity contribution is 6.48. The van der Waals surface area contributed by atoms with Crippen LogP contribution < -0.4 is 19.7 Å². The minimum Gasteiger partial charge on any atom is -0.497 e. The van der Waals surface area contributed by atoms with Crippen molar-refractivity contribution in [3.63, 3.8) is 0 Å². The Labute approximate surface area is 197 Å². The van der Waals surface area contributed by atoms with Gasteiger partial charge >= 0.3 is 0 Å². The molecule has 0 spiro atoms. The van der Waals surface area contributed by atoms with E-state index in [2.05, 4.69) is 5.32 Å². The van der Waals surface area contributed by atoms with E-state index in [4.69, 9.17) is 21.1 Å². The van der Waals surface area contributed by atoms with Gasteiger partial charge in [0.25, 0.3) is 11.8 Å². The number of nitrogens with one attached hydrogen (secondary N) is 1. The molecule has 2 amide bonds. The molecule has 6 nitrogen and oxygen atoms in total. The number of carbonyl (C=O) groups is 2. The van der Waals surface area contributed by atoms with Crippen LogP contribution in [0.1, 0.15) is 19.4 Å². The first-order valence-electron chi connectivity index (χ1n) is 10.4. The van der Waals surface area contributed by atoms with Gasteiger partial charge in [-0.25, -0.2) is 4.90 Å². The summed E-state index contributed by atoms with van der Waals surface area (Å²) in [6.45, 7) is 3.90. The van der Waals surface area contributed by atoms with Crippen molar-refractivity contribution in [1.29, 1.82) is 0 Å². The van der Waals surface area contributed by atoms with Gasteiger partial charge in [-0.2, -0.15) is 0 Å². The third-order valence-corrected chi connectivity index (χ3v) is 5.37. The van der Waals surface area contributed by atoms with Gasteiger partial charge in [0.15, 0.2) is 0 Å². The van der Waals surface area contributed by atoms with E-state index in [1.807, 2.05) is 26.0 Å². The van der Waals surface area contributed by atoms with Crippen LogP contribution in [0.4, 0.5) is 11.4 Å². The second-order valence-corrected chi connectivity index (χ2v) is 8.10. The van der Waals surface area contributed by atoms with Gasteiger partial charge < -0.3 is 14.8 Å². The van der Waals surface area contributed by atoms with E-state index < -0.39 is 11.8 Å². The Balaban J connectivity index is 1.75.